The summed E-state index contributed by atoms with van der Waals surface area (Å²) in [5, 5.41) is 25.0. The number of carbonyl (C=O) groups excluding carboxylic acids is 6. The van der Waals surface area contributed by atoms with Crippen molar-refractivity contribution in [1.82, 2.24) is 37.4 Å². The molecule has 2 unspecified atom stereocenters. The van der Waals surface area contributed by atoms with E-state index in [4.69, 9.17) is 21.0 Å². The number of nitrogens with one attached hydrogen (secondary N) is 7. The van der Waals surface area contributed by atoms with E-state index in [9.17, 15) is 42.7 Å². The number of hydrogen-bond acceptors (Lipinski definition) is 11. The maximum absolute atomic E-state index is 14.5. The first-order chi connectivity index (χ1) is 30.3. The molecule has 7 amide bonds. The Morgan fingerprint density at radius 2 is 1.49 bits per heavy atom. The van der Waals surface area contributed by atoms with Gasteiger partial charge in [-0.1, -0.05) is 49.4 Å². The molecule has 0 radical (unpaired) electrons. The van der Waals surface area contributed by atoms with Crippen molar-refractivity contribution < 1.29 is 52.2 Å². The lowest BCUT2D eigenvalue weighted by Crippen LogP contribution is -2.48. The van der Waals surface area contributed by atoms with Crippen LogP contribution >= 0.6 is 0 Å². The minimum Gasteiger partial charge on any atom is -0.508 e. The van der Waals surface area contributed by atoms with E-state index in [1.54, 1.807) is 61.5 Å². The van der Waals surface area contributed by atoms with E-state index in [2.05, 4.69) is 42.4 Å². The summed E-state index contributed by atoms with van der Waals surface area (Å²) >= 11 is 0. The van der Waals surface area contributed by atoms with Gasteiger partial charge in [0.15, 0.2) is 12.6 Å². The molecule has 0 saturated heterocycles. The van der Waals surface area contributed by atoms with Crippen molar-refractivity contribution in [3.05, 3.63) is 95.1 Å². The molecule has 0 aliphatic carbocycles. The molecular weight excluding hydrogens is 827 g/mol. The molecule has 12 N–H and O–H groups in total. The van der Waals surface area contributed by atoms with Crippen LogP contribution in [0.2, 0.25) is 0 Å². The molecule has 342 valence electrons. The Bertz CT molecular complexity index is 1990. The van der Waals surface area contributed by atoms with Crippen LogP contribution in [0.1, 0.15) is 68.1 Å². The predicted molar refractivity (Wildman–Crippen MR) is 228 cm³/mol. The van der Waals surface area contributed by atoms with Crippen LogP contribution in [0.15, 0.2) is 71.7 Å². The molecule has 19 nitrogen and oxygen atoms in total. The van der Waals surface area contributed by atoms with Crippen molar-refractivity contribution in [3.8, 4) is 11.5 Å². The second kappa shape index (κ2) is 27.9. The van der Waals surface area contributed by atoms with Crippen molar-refractivity contribution >= 4 is 41.5 Å². The Morgan fingerprint density at radius 1 is 0.794 bits per heavy atom. The highest BCUT2D eigenvalue weighted by molar-refractivity contribution is 5.95. The standard InChI is InChI=1S/C42H56F2N10O9/c1-2-35(56)48-19-20-50-42(61)53-41(46)49-18-9-14-34(39(59)51-25-31-32(43)23-29(55)24-33(31)44)52-40(60)38(27-10-4-3-5-11-27)28-12-8-13-30(22-28)62-21-7-6-17-47-37(58)26-63-54-36(57)15-16-45/h3-5,8,10-13,22-24,34,38,55H,2,6-7,9,14-21,25-26,45H2,1H3,(H,47,58)(H,48,56)(H,51,59)(H,52,60)(H,54,57)(H4,46,49,50,53,61). The van der Waals surface area contributed by atoms with E-state index in [1.165, 1.54) is 0 Å². The van der Waals surface area contributed by atoms with E-state index in [0.29, 0.717) is 54.8 Å². The molecule has 3 aromatic rings. The maximum atomic E-state index is 14.5. The number of carbonyl (C=O) groups is 6. The van der Waals surface area contributed by atoms with Crippen LogP contribution in [0.25, 0.3) is 0 Å². The van der Waals surface area contributed by atoms with Gasteiger partial charge in [0.25, 0.3) is 0 Å². The molecule has 63 heavy (non-hydrogen) atoms. The van der Waals surface area contributed by atoms with E-state index >= 15 is 0 Å². The number of amides is 7. The van der Waals surface area contributed by atoms with Crippen LogP contribution in [0.4, 0.5) is 13.6 Å². The summed E-state index contributed by atoms with van der Waals surface area (Å²) in [5.74, 6) is -5.84. The molecule has 0 fully saturated rings. The first-order valence-electron chi connectivity index (χ1n) is 20.3. The normalized spacial score (nSPS) is 12.0. The quantitative estimate of drug-likeness (QED) is 0.0237. The Morgan fingerprint density at radius 3 is 2.21 bits per heavy atom. The Labute approximate surface area is 363 Å². The number of nitrogens with zero attached hydrogens (tertiary/aromatic N) is 1. The lowest BCUT2D eigenvalue weighted by Gasteiger charge is -2.23. The smallest absolute Gasteiger partial charge is 0.321 e. The van der Waals surface area contributed by atoms with Gasteiger partial charge in [0.2, 0.25) is 29.5 Å². The van der Waals surface area contributed by atoms with E-state index in [1.807, 2.05) is 0 Å². The Balaban J connectivity index is 1.68. The van der Waals surface area contributed by atoms with Crippen molar-refractivity contribution in [2.75, 3.05) is 45.9 Å². The lowest BCUT2D eigenvalue weighted by atomic mass is 9.90. The highest BCUT2D eigenvalue weighted by atomic mass is 19.1. The van der Waals surface area contributed by atoms with E-state index in [0.717, 1.165) is 0 Å². The molecule has 0 saturated carbocycles. The number of ether oxygens (including phenoxy) is 1. The zero-order valence-corrected chi connectivity index (χ0v) is 35.0. The first kappa shape index (κ1) is 50.5. The van der Waals surface area contributed by atoms with Gasteiger partial charge in [-0.2, -0.15) is 0 Å². The number of halogens is 2. The molecule has 0 aliphatic rings. The van der Waals surface area contributed by atoms with Gasteiger partial charge in [0.05, 0.1) is 12.5 Å². The SMILES string of the molecule is CCC(=O)NCCNC(=O)NC(N)=NCCCC(NC(=O)C(c1ccccc1)c1cccc(OCCCCNC(=O)CONC(=O)CCN)c1)C(=O)NCc1c(F)cc(O)cc1F. The molecule has 3 rings (SSSR count). The van der Waals surface area contributed by atoms with Gasteiger partial charge in [-0.3, -0.25) is 39.1 Å². The van der Waals surface area contributed by atoms with Crippen LogP contribution in [0.3, 0.4) is 0 Å². The van der Waals surface area contributed by atoms with Crippen LogP contribution in [-0.4, -0.2) is 98.6 Å². The third-order valence-corrected chi connectivity index (χ3v) is 8.94. The third kappa shape index (κ3) is 19.2. The molecule has 21 heteroatoms. The van der Waals surface area contributed by atoms with Crippen LogP contribution in [-0.2, 0) is 35.4 Å². The lowest BCUT2D eigenvalue weighted by molar-refractivity contribution is -0.139. The average molecular weight is 883 g/mol. The fraction of sp³-hybridized carbons (Fsp3) is 0.405. The fourth-order valence-electron chi connectivity index (χ4n) is 5.76. The van der Waals surface area contributed by atoms with Gasteiger partial charge in [-0.25, -0.2) is 19.1 Å². The van der Waals surface area contributed by atoms with Crippen molar-refractivity contribution in [1.29, 1.82) is 0 Å². The third-order valence-electron chi connectivity index (χ3n) is 8.94. The molecule has 0 aliphatic heterocycles. The number of aliphatic imine (C=N–C) groups is 1. The predicted octanol–water partition coefficient (Wildman–Crippen LogP) is 1.20. The monoisotopic (exact) mass is 882 g/mol. The second-order valence-corrected chi connectivity index (χ2v) is 13.8. The molecule has 0 aromatic heterocycles. The number of urea groups is 1. The minimum absolute atomic E-state index is 0.0110. The number of phenolic OH excluding ortho intramolecular Hbond substituents is 1. The maximum Gasteiger partial charge on any atom is 0.321 e. The number of unbranched alkanes of at least 4 members (excludes halogenated alkanes) is 1. The van der Waals surface area contributed by atoms with Crippen molar-refractivity contribution in [2.24, 2.45) is 16.5 Å². The summed E-state index contributed by atoms with van der Waals surface area (Å²) < 4.78 is 35.0. The second-order valence-electron chi connectivity index (χ2n) is 13.8. The zero-order valence-electron chi connectivity index (χ0n) is 35.0. The number of aromatic hydroxyl groups is 1. The Hall–Kier alpha value is -6.87. The summed E-state index contributed by atoms with van der Waals surface area (Å²) in [4.78, 5) is 83.7. The summed E-state index contributed by atoms with van der Waals surface area (Å²) in [6, 6.07) is 15.2. The van der Waals surface area contributed by atoms with Gasteiger partial charge in [-0.05, 0) is 48.9 Å². The largest absolute Gasteiger partial charge is 0.508 e. The van der Waals surface area contributed by atoms with Crippen molar-refractivity contribution in [2.45, 2.75) is 64.0 Å². The van der Waals surface area contributed by atoms with Crippen LogP contribution in [0.5, 0.6) is 11.5 Å². The number of guanidine groups is 1. The minimum atomic E-state index is -1.24. The topological polar surface area (TPSA) is 290 Å². The molecule has 0 heterocycles. The van der Waals surface area contributed by atoms with Gasteiger partial charge < -0.3 is 47.9 Å². The van der Waals surface area contributed by atoms with Gasteiger partial charge >= 0.3 is 6.03 Å². The fourth-order valence-corrected chi connectivity index (χ4v) is 5.76. The molecular formula is C42H56F2N10O9. The number of nitrogens with two attached hydrogens (primary N) is 2. The summed E-state index contributed by atoms with van der Waals surface area (Å²) in [6.45, 7) is 1.89. The first-order valence-corrected chi connectivity index (χ1v) is 20.3. The van der Waals surface area contributed by atoms with E-state index in [-0.39, 0.29) is 70.5 Å². The van der Waals surface area contributed by atoms with Crippen molar-refractivity contribution in [3.63, 3.8) is 0 Å². The average Bonchev–Trinajstić information content (AvgIpc) is 3.24. The number of benzene rings is 3. The number of rotatable bonds is 26. The highest BCUT2D eigenvalue weighted by Gasteiger charge is 2.28. The van der Waals surface area contributed by atoms with E-state index < -0.39 is 71.1 Å². The summed E-state index contributed by atoms with van der Waals surface area (Å²) in [6.07, 6.45) is 1.66. The molecule has 0 spiro atoms. The molecule has 0 bridgehead atoms. The molecule has 3 aromatic carbocycles. The number of phenols is 1. The summed E-state index contributed by atoms with van der Waals surface area (Å²) in [5.41, 5.74) is 13.9. The number of hydroxylamine groups is 1. The van der Waals surface area contributed by atoms with Crippen LogP contribution < -0.4 is 53.6 Å². The highest BCUT2D eigenvalue weighted by Crippen LogP contribution is 2.28. The van der Waals surface area contributed by atoms with Gasteiger partial charge in [0.1, 0.15) is 29.2 Å². The summed E-state index contributed by atoms with van der Waals surface area (Å²) in [7, 11) is 0. The van der Waals surface area contributed by atoms with Crippen LogP contribution in [0, 0.1) is 11.6 Å². The Kier molecular flexibility index (Phi) is 22.3. The van der Waals surface area contributed by atoms with Gasteiger partial charge in [0, 0.05) is 69.8 Å². The molecule has 2 atom stereocenters. The van der Waals surface area contributed by atoms with Gasteiger partial charge in [-0.15, -0.1) is 0 Å². The number of hydrogen-bond donors (Lipinski definition) is 10. The zero-order chi connectivity index (χ0) is 46.0.